The average molecular weight is 207 g/mol. The van der Waals surface area contributed by atoms with Crippen molar-refractivity contribution in [1.29, 1.82) is 0 Å². The Morgan fingerprint density at radius 1 is 1.31 bits per heavy atom. The van der Waals surface area contributed by atoms with E-state index in [-0.39, 0.29) is 11.3 Å². The first-order valence-corrected chi connectivity index (χ1v) is 6.75. The topological polar surface area (TPSA) is 46.2 Å². The molecule has 0 aromatic heterocycles. The van der Waals surface area contributed by atoms with Crippen LogP contribution in [-0.4, -0.2) is 32.5 Å². The van der Waals surface area contributed by atoms with E-state index < -0.39 is 9.84 Å². The van der Waals surface area contributed by atoms with Gasteiger partial charge in [-0.3, -0.25) is 0 Å². The Labute approximate surface area is 81.8 Å². The van der Waals surface area contributed by atoms with Crippen molar-refractivity contribution in [2.24, 2.45) is 0 Å². The fraction of sp³-hybridized carbons (Fsp3) is 1.00. The molecule has 2 atom stereocenters. The van der Waals surface area contributed by atoms with Crippen LogP contribution in [0, 0.1) is 0 Å². The first-order valence-electron chi connectivity index (χ1n) is 4.80. The number of hydrogen-bond acceptors (Lipinski definition) is 3. The highest BCUT2D eigenvalue weighted by molar-refractivity contribution is 7.91. The molecule has 0 saturated heterocycles. The van der Waals surface area contributed by atoms with Crippen LogP contribution >= 0.6 is 0 Å². The normalized spacial score (nSPS) is 16.9. The average Bonchev–Trinajstić information content (AvgIpc) is 1.99. The van der Waals surface area contributed by atoms with E-state index in [4.69, 9.17) is 0 Å². The lowest BCUT2D eigenvalue weighted by Crippen LogP contribution is -2.32. The lowest BCUT2D eigenvalue weighted by Gasteiger charge is -2.16. The third kappa shape index (κ3) is 6.05. The molecule has 1 N–H and O–H groups in total. The summed E-state index contributed by atoms with van der Waals surface area (Å²) in [4.78, 5) is 0. The van der Waals surface area contributed by atoms with E-state index in [1.165, 1.54) is 6.26 Å². The maximum atomic E-state index is 11.1. The summed E-state index contributed by atoms with van der Waals surface area (Å²) in [5, 5.41) is 3.03. The van der Waals surface area contributed by atoms with E-state index in [1.54, 1.807) is 6.92 Å². The minimum Gasteiger partial charge on any atom is -0.314 e. The summed E-state index contributed by atoms with van der Waals surface area (Å²) < 4.78 is 22.2. The highest BCUT2D eigenvalue weighted by atomic mass is 32.2. The van der Waals surface area contributed by atoms with Crippen LogP contribution in [0.4, 0.5) is 0 Å². The first-order chi connectivity index (χ1) is 5.88. The van der Waals surface area contributed by atoms with E-state index in [0.29, 0.717) is 6.42 Å². The molecule has 0 saturated carbocycles. The van der Waals surface area contributed by atoms with Crippen molar-refractivity contribution in [3.63, 3.8) is 0 Å². The summed E-state index contributed by atoms with van der Waals surface area (Å²) >= 11 is 0. The van der Waals surface area contributed by atoms with Crippen LogP contribution < -0.4 is 5.32 Å². The van der Waals surface area contributed by atoms with Gasteiger partial charge in [0.15, 0.2) is 0 Å². The van der Waals surface area contributed by atoms with E-state index in [2.05, 4.69) is 12.2 Å². The SMILES string of the molecule is CCCNC(C)CC(C)S(C)(=O)=O. The summed E-state index contributed by atoms with van der Waals surface area (Å²) in [7, 11) is -2.86. The predicted octanol–water partition coefficient (Wildman–Crippen LogP) is 1.20. The van der Waals surface area contributed by atoms with Gasteiger partial charge in [0.1, 0.15) is 9.84 Å². The van der Waals surface area contributed by atoms with E-state index >= 15 is 0 Å². The summed E-state index contributed by atoms with van der Waals surface area (Å²) in [5.41, 5.74) is 0. The molecule has 13 heavy (non-hydrogen) atoms. The molecular weight excluding hydrogens is 186 g/mol. The van der Waals surface area contributed by atoms with E-state index in [1.807, 2.05) is 6.92 Å². The smallest absolute Gasteiger partial charge is 0.150 e. The molecule has 80 valence electrons. The molecule has 0 aliphatic heterocycles. The van der Waals surface area contributed by atoms with Gasteiger partial charge < -0.3 is 5.32 Å². The lowest BCUT2D eigenvalue weighted by molar-refractivity contribution is 0.499. The molecule has 0 aromatic rings. The van der Waals surface area contributed by atoms with E-state index in [0.717, 1.165) is 13.0 Å². The predicted molar refractivity (Wildman–Crippen MR) is 56.7 cm³/mol. The Balaban J connectivity index is 3.85. The van der Waals surface area contributed by atoms with Crippen LogP contribution in [0.1, 0.15) is 33.6 Å². The van der Waals surface area contributed by atoms with Gasteiger partial charge in [-0.1, -0.05) is 6.92 Å². The zero-order valence-electron chi connectivity index (χ0n) is 9.00. The van der Waals surface area contributed by atoms with E-state index in [9.17, 15) is 8.42 Å². The standard InChI is InChI=1S/C9H21NO2S/c1-5-6-10-8(2)7-9(3)13(4,11)12/h8-10H,5-7H2,1-4H3. The van der Waals surface area contributed by atoms with Crippen molar-refractivity contribution in [1.82, 2.24) is 5.32 Å². The molecule has 0 heterocycles. The second-order valence-electron chi connectivity index (χ2n) is 3.73. The van der Waals surface area contributed by atoms with Gasteiger partial charge in [-0.15, -0.1) is 0 Å². The third-order valence-corrected chi connectivity index (χ3v) is 3.81. The van der Waals surface area contributed by atoms with Gasteiger partial charge in [-0.25, -0.2) is 8.42 Å². The zero-order chi connectivity index (χ0) is 10.5. The second kappa shape index (κ2) is 5.60. The molecular formula is C9H21NO2S. The zero-order valence-corrected chi connectivity index (χ0v) is 9.82. The largest absolute Gasteiger partial charge is 0.314 e. The number of hydrogen-bond donors (Lipinski definition) is 1. The monoisotopic (exact) mass is 207 g/mol. The molecule has 0 aromatic carbocycles. The van der Waals surface area contributed by atoms with Crippen LogP contribution in [0.3, 0.4) is 0 Å². The lowest BCUT2D eigenvalue weighted by atomic mass is 10.2. The Morgan fingerprint density at radius 3 is 2.23 bits per heavy atom. The van der Waals surface area contributed by atoms with Gasteiger partial charge in [-0.05, 0) is 33.2 Å². The molecule has 0 aliphatic carbocycles. The minimum atomic E-state index is -2.86. The Hall–Kier alpha value is -0.0900. The Bertz CT molecular complexity index is 224. The maximum Gasteiger partial charge on any atom is 0.150 e. The van der Waals surface area contributed by atoms with Gasteiger partial charge >= 0.3 is 0 Å². The molecule has 2 unspecified atom stereocenters. The second-order valence-corrected chi connectivity index (χ2v) is 6.19. The summed E-state index contributed by atoms with van der Waals surface area (Å²) in [6.07, 6.45) is 3.07. The summed E-state index contributed by atoms with van der Waals surface area (Å²) in [6.45, 7) is 6.84. The fourth-order valence-corrected chi connectivity index (χ4v) is 1.79. The molecule has 3 nitrogen and oxygen atoms in total. The van der Waals surface area contributed by atoms with Crippen molar-refractivity contribution < 1.29 is 8.42 Å². The van der Waals surface area contributed by atoms with Gasteiger partial charge in [0.2, 0.25) is 0 Å². The molecule has 0 spiro atoms. The molecule has 0 radical (unpaired) electrons. The van der Waals surface area contributed by atoms with Crippen LogP contribution in [0.15, 0.2) is 0 Å². The molecule has 0 amide bonds. The quantitative estimate of drug-likeness (QED) is 0.712. The highest BCUT2D eigenvalue weighted by Crippen LogP contribution is 2.06. The van der Waals surface area contributed by atoms with Crippen molar-refractivity contribution >= 4 is 9.84 Å². The van der Waals surface area contributed by atoms with Crippen molar-refractivity contribution in [3.8, 4) is 0 Å². The van der Waals surface area contributed by atoms with Crippen molar-refractivity contribution in [2.75, 3.05) is 12.8 Å². The fourth-order valence-electron chi connectivity index (χ4n) is 1.15. The van der Waals surface area contributed by atoms with Gasteiger partial charge in [0, 0.05) is 12.3 Å². The number of sulfone groups is 1. The van der Waals surface area contributed by atoms with Gasteiger partial charge in [0.25, 0.3) is 0 Å². The minimum absolute atomic E-state index is 0.244. The molecule has 0 fully saturated rings. The first kappa shape index (κ1) is 12.9. The maximum absolute atomic E-state index is 11.1. The number of nitrogens with one attached hydrogen (secondary N) is 1. The number of rotatable bonds is 6. The molecule has 4 heteroatoms. The van der Waals surface area contributed by atoms with Crippen LogP contribution in [0.5, 0.6) is 0 Å². The van der Waals surface area contributed by atoms with Crippen molar-refractivity contribution in [2.45, 2.75) is 44.9 Å². The summed E-state index contributed by atoms with van der Waals surface area (Å²) in [5.74, 6) is 0. The molecule has 0 rings (SSSR count). The van der Waals surface area contributed by atoms with Gasteiger partial charge in [-0.2, -0.15) is 0 Å². The Kier molecular flexibility index (Phi) is 5.56. The molecule has 0 aliphatic rings. The summed E-state index contributed by atoms with van der Waals surface area (Å²) in [6, 6.07) is 0.282. The van der Waals surface area contributed by atoms with Gasteiger partial charge in [0.05, 0.1) is 5.25 Å². The van der Waals surface area contributed by atoms with Crippen LogP contribution in [0.25, 0.3) is 0 Å². The third-order valence-electron chi connectivity index (χ3n) is 2.16. The van der Waals surface area contributed by atoms with Crippen LogP contribution in [0.2, 0.25) is 0 Å². The Morgan fingerprint density at radius 2 is 1.85 bits per heavy atom. The van der Waals surface area contributed by atoms with Crippen LogP contribution in [-0.2, 0) is 9.84 Å². The molecule has 0 bridgehead atoms. The van der Waals surface area contributed by atoms with Crippen molar-refractivity contribution in [3.05, 3.63) is 0 Å². The highest BCUT2D eigenvalue weighted by Gasteiger charge is 2.17.